The summed E-state index contributed by atoms with van der Waals surface area (Å²) >= 11 is 1.73. The van der Waals surface area contributed by atoms with Crippen LogP contribution >= 0.6 is 11.3 Å². The Hall–Kier alpha value is -2.26. The maximum absolute atomic E-state index is 8.63. The molecule has 3 heteroatoms. The molecule has 1 aromatic heterocycles. The number of phenolic OH excluding ortho intramolecular Hbond substituents is 1. The van der Waals surface area contributed by atoms with Gasteiger partial charge in [0.1, 0.15) is 11.5 Å². The van der Waals surface area contributed by atoms with E-state index >= 15 is 0 Å². The lowest BCUT2D eigenvalue weighted by atomic mass is 10.2. The molecule has 0 aliphatic rings. The Labute approximate surface area is 122 Å². The molecular formula is C17H16O2S. The summed E-state index contributed by atoms with van der Waals surface area (Å²) in [4.78, 5) is 1.25. The van der Waals surface area contributed by atoms with E-state index < -0.39 is 0 Å². The molecule has 0 saturated carbocycles. The van der Waals surface area contributed by atoms with Crippen LogP contribution in [0.15, 0.2) is 72.1 Å². The molecule has 0 radical (unpaired) electrons. The predicted molar refractivity (Wildman–Crippen MR) is 84.4 cm³/mol. The second kappa shape index (κ2) is 7.36. The topological polar surface area (TPSA) is 29.5 Å². The second-order valence-corrected chi connectivity index (χ2v) is 4.96. The summed E-state index contributed by atoms with van der Waals surface area (Å²) in [6.07, 6.45) is 0. The first-order valence-corrected chi connectivity index (χ1v) is 7.10. The zero-order valence-corrected chi connectivity index (χ0v) is 12.0. The molecule has 3 rings (SSSR count). The zero-order chi connectivity index (χ0) is 14.2. The van der Waals surface area contributed by atoms with Crippen molar-refractivity contribution >= 4 is 11.3 Å². The molecule has 0 fully saturated rings. The zero-order valence-electron chi connectivity index (χ0n) is 11.2. The molecule has 0 amide bonds. The van der Waals surface area contributed by atoms with Gasteiger partial charge in [0.05, 0.1) is 7.11 Å². The van der Waals surface area contributed by atoms with E-state index in [0.717, 1.165) is 5.75 Å². The Morgan fingerprint density at radius 3 is 2.10 bits per heavy atom. The number of thiophene rings is 1. The monoisotopic (exact) mass is 284 g/mol. The van der Waals surface area contributed by atoms with Crippen molar-refractivity contribution in [2.75, 3.05) is 7.11 Å². The second-order valence-electron chi connectivity index (χ2n) is 4.01. The van der Waals surface area contributed by atoms with E-state index in [1.807, 2.05) is 30.3 Å². The minimum absolute atomic E-state index is 0.322. The fraction of sp³-hybridized carbons (Fsp3) is 0.0588. The van der Waals surface area contributed by atoms with Crippen molar-refractivity contribution in [3.63, 3.8) is 0 Å². The SMILES string of the molecule is COc1ccccc1-c1cccs1.Oc1ccccc1. The molecule has 0 saturated heterocycles. The maximum atomic E-state index is 8.63. The van der Waals surface area contributed by atoms with E-state index in [2.05, 4.69) is 17.5 Å². The van der Waals surface area contributed by atoms with Crippen LogP contribution in [0.5, 0.6) is 11.5 Å². The van der Waals surface area contributed by atoms with Crippen molar-refractivity contribution in [3.8, 4) is 21.9 Å². The molecule has 102 valence electrons. The van der Waals surface area contributed by atoms with Gasteiger partial charge in [-0.15, -0.1) is 11.3 Å². The van der Waals surface area contributed by atoms with E-state index in [1.54, 1.807) is 42.7 Å². The number of hydrogen-bond donors (Lipinski definition) is 1. The average Bonchev–Trinajstić information content (AvgIpc) is 3.03. The van der Waals surface area contributed by atoms with Gasteiger partial charge in [-0.05, 0) is 35.7 Å². The van der Waals surface area contributed by atoms with Crippen LogP contribution in [0.2, 0.25) is 0 Å². The molecule has 0 spiro atoms. The summed E-state index contributed by atoms with van der Waals surface area (Å²) in [6.45, 7) is 0. The standard InChI is InChI=1S/C11H10OS.C6H6O/c1-12-10-6-3-2-5-9(10)11-7-4-8-13-11;7-6-4-2-1-3-5-6/h2-8H,1H3;1-5,7H. The van der Waals surface area contributed by atoms with Crippen molar-refractivity contribution in [1.29, 1.82) is 0 Å². The molecule has 2 nitrogen and oxygen atoms in total. The van der Waals surface area contributed by atoms with Crippen LogP contribution in [0, 0.1) is 0 Å². The van der Waals surface area contributed by atoms with Gasteiger partial charge >= 0.3 is 0 Å². The van der Waals surface area contributed by atoms with Crippen molar-refractivity contribution < 1.29 is 9.84 Å². The fourth-order valence-electron chi connectivity index (χ4n) is 1.71. The molecule has 0 atom stereocenters. The molecular weight excluding hydrogens is 268 g/mol. The molecule has 3 aromatic rings. The number of ether oxygens (including phenoxy) is 1. The van der Waals surface area contributed by atoms with Crippen molar-refractivity contribution in [1.82, 2.24) is 0 Å². The Balaban J connectivity index is 0.000000178. The highest BCUT2D eigenvalue weighted by molar-refractivity contribution is 7.13. The van der Waals surface area contributed by atoms with Crippen molar-refractivity contribution in [2.45, 2.75) is 0 Å². The molecule has 1 heterocycles. The Morgan fingerprint density at radius 2 is 1.55 bits per heavy atom. The van der Waals surface area contributed by atoms with Crippen molar-refractivity contribution in [2.24, 2.45) is 0 Å². The summed E-state index contributed by atoms with van der Waals surface area (Å²) in [5, 5.41) is 10.7. The first-order valence-electron chi connectivity index (χ1n) is 6.22. The van der Waals surface area contributed by atoms with Crippen LogP contribution in [-0.4, -0.2) is 12.2 Å². The van der Waals surface area contributed by atoms with Gasteiger partial charge in [-0.25, -0.2) is 0 Å². The normalized spacial score (nSPS) is 9.45. The highest BCUT2D eigenvalue weighted by Crippen LogP contribution is 2.32. The number of benzene rings is 2. The van der Waals surface area contributed by atoms with Crippen LogP contribution in [0.25, 0.3) is 10.4 Å². The summed E-state index contributed by atoms with van der Waals surface area (Å²) < 4.78 is 5.28. The van der Waals surface area contributed by atoms with Gasteiger partial charge in [-0.2, -0.15) is 0 Å². The minimum atomic E-state index is 0.322. The summed E-state index contributed by atoms with van der Waals surface area (Å²) in [5.74, 6) is 1.26. The van der Waals surface area contributed by atoms with Crippen LogP contribution < -0.4 is 4.74 Å². The Kier molecular flexibility index (Phi) is 5.21. The molecule has 0 aliphatic heterocycles. The molecule has 0 unspecified atom stereocenters. The first kappa shape index (κ1) is 14.2. The average molecular weight is 284 g/mol. The van der Waals surface area contributed by atoms with Crippen molar-refractivity contribution in [3.05, 3.63) is 72.1 Å². The van der Waals surface area contributed by atoms with Crippen LogP contribution in [-0.2, 0) is 0 Å². The third-order valence-electron chi connectivity index (χ3n) is 2.65. The van der Waals surface area contributed by atoms with Gasteiger partial charge in [-0.3, -0.25) is 0 Å². The quantitative estimate of drug-likeness (QED) is 0.731. The largest absolute Gasteiger partial charge is 0.508 e. The van der Waals surface area contributed by atoms with Gasteiger partial charge in [0, 0.05) is 10.4 Å². The van der Waals surface area contributed by atoms with Gasteiger partial charge in [0.25, 0.3) is 0 Å². The third kappa shape index (κ3) is 3.87. The summed E-state index contributed by atoms with van der Waals surface area (Å²) in [5.41, 5.74) is 1.17. The Bertz CT molecular complexity index is 619. The summed E-state index contributed by atoms with van der Waals surface area (Å²) in [7, 11) is 1.70. The number of rotatable bonds is 2. The molecule has 20 heavy (non-hydrogen) atoms. The first-order chi connectivity index (χ1) is 9.81. The van der Waals surface area contributed by atoms with E-state index in [-0.39, 0.29) is 0 Å². The number of para-hydroxylation sites is 2. The lowest BCUT2D eigenvalue weighted by Gasteiger charge is -2.04. The van der Waals surface area contributed by atoms with Crippen LogP contribution in [0.1, 0.15) is 0 Å². The maximum Gasteiger partial charge on any atom is 0.127 e. The van der Waals surface area contributed by atoms with Gasteiger partial charge in [-0.1, -0.05) is 36.4 Å². The van der Waals surface area contributed by atoms with Gasteiger partial charge in [0.15, 0.2) is 0 Å². The van der Waals surface area contributed by atoms with E-state index in [1.165, 1.54) is 10.4 Å². The predicted octanol–water partition coefficient (Wildman–Crippen LogP) is 4.82. The highest BCUT2D eigenvalue weighted by atomic mass is 32.1. The van der Waals surface area contributed by atoms with Crippen LogP contribution in [0.4, 0.5) is 0 Å². The highest BCUT2D eigenvalue weighted by Gasteiger charge is 2.03. The third-order valence-corrected chi connectivity index (χ3v) is 3.55. The molecule has 0 aliphatic carbocycles. The number of hydrogen-bond acceptors (Lipinski definition) is 3. The minimum Gasteiger partial charge on any atom is -0.508 e. The van der Waals surface area contributed by atoms with E-state index in [4.69, 9.17) is 9.84 Å². The van der Waals surface area contributed by atoms with Gasteiger partial charge in [0.2, 0.25) is 0 Å². The number of methoxy groups -OCH3 is 1. The number of phenols is 1. The van der Waals surface area contributed by atoms with Gasteiger partial charge < -0.3 is 9.84 Å². The fourth-order valence-corrected chi connectivity index (χ4v) is 2.46. The molecule has 2 aromatic carbocycles. The Morgan fingerprint density at radius 1 is 0.850 bits per heavy atom. The lowest BCUT2D eigenvalue weighted by Crippen LogP contribution is -1.84. The molecule has 1 N–H and O–H groups in total. The number of aromatic hydroxyl groups is 1. The smallest absolute Gasteiger partial charge is 0.127 e. The summed E-state index contributed by atoms with van der Waals surface area (Å²) in [6, 6.07) is 20.9. The molecule has 0 bridgehead atoms. The lowest BCUT2D eigenvalue weighted by molar-refractivity contribution is 0.416. The van der Waals surface area contributed by atoms with E-state index in [0.29, 0.717) is 5.75 Å². The van der Waals surface area contributed by atoms with Crippen LogP contribution in [0.3, 0.4) is 0 Å². The van der Waals surface area contributed by atoms with E-state index in [9.17, 15) is 0 Å².